The lowest BCUT2D eigenvalue weighted by molar-refractivity contribution is -0.142. The Morgan fingerprint density at radius 1 is 1.14 bits per heavy atom. The minimum Gasteiger partial charge on any atom is -0.467 e. The van der Waals surface area contributed by atoms with Gasteiger partial charge in [0.05, 0.1) is 25.1 Å². The molecular weight excluding hydrogens is 505 g/mol. The van der Waals surface area contributed by atoms with Crippen LogP contribution >= 0.6 is 23.2 Å². The van der Waals surface area contributed by atoms with Gasteiger partial charge in [0.25, 0.3) is 0 Å². The monoisotopic (exact) mass is 535 g/mol. The molecule has 2 atom stereocenters. The fourth-order valence-corrected chi connectivity index (χ4v) is 4.78. The normalized spacial score (nSPS) is 17.0. The number of hydrogen-bond donors (Lipinski definition) is 3. The maximum Gasteiger partial charge on any atom is 0.338 e. The topological polar surface area (TPSA) is 120 Å². The highest BCUT2D eigenvalue weighted by molar-refractivity contribution is 6.35. The first-order valence-corrected chi connectivity index (χ1v) is 12.3. The minimum absolute atomic E-state index is 0.0529. The van der Waals surface area contributed by atoms with E-state index in [-0.39, 0.29) is 18.7 Å². The van der Waals surface area contributed by atoms with Crippen LogP contribution in [0, 0.1) is 0 Å². The average molecular weight is 536 g/mol. The molecule has 36 heavy (non-hydrogen) atoms. The molecule has 0 fully saturated rings. The Labute approximate surface area is 220 Å². The van der Waals surface area contributed by atoms with Gasteiger partial charge in [-0.15, -0.1) is 0 Å². The maximum atomic E-state index is 13.1. The summed E-state index contributed by atoms with van der Waals surface area (Å²) in [4.78, 5) is 37.9. The van der Waals surface area contributed by atoms with Gasteiger partial charge in [0.2, 0.25) is 5.91 Å². The predicted octanol–water partition coefficient (Wildman–Crippen LogP) is 4.21. The molecule has 1 amide bonds. The maximum absolute atomic E-state index is 13.1. The van der Waals surface area contributed by atoms with Gasteiger partial charge in [-0.1, -0.05) is 29.3 Å². The second-order valence-electron chi connectivity index (χ2n) is 9.63. The van der Waals surface area contributed by atoms with E-state index >= 15 is 0 Å². The van der Waals surface area contributed by atoms with Gasteiger partial charge in [-0.05, 0) is 69.1 Å². The molecule has 0 radical (unpaired) electrons. The molecule has 0 bridgehead atoms. The number of carbonyl (C=O) groups is 3. The van der Waals surface area contributed by atoms with Crippen molar-refractivity contribution in [2.45, 2.75) is 57.7 Å². The highest BCUT2D eigenvalue weighted by atomic mass is 35.5. The zero-order valence-electron chi connectivity index (χ0n) is 20.7. The molecule has 4 N–H and O–H groups in total. The minimum atomic E-state index is -0.678. The Morgan fingerprint density at radius 2 is 1.86 bits per heavy atom. The molecule has 0 saturated heterocycles. The molecule has 3 rings (SSSR count). The lowest BCUT2D eigenvalue weighted by Gasteiger charge is -2.33. The zero-order valence-corrected chi connectivity index (χ0v) is 22.3. The van der Waals surface area contributed by atoms with E-state index in [0.717, 1.165) is 11.1 Å². The molecule has 194 valence electrons. The van der Waals surface area contributed by atoms with E-state index in [0.29, 0.717) is 39.8 Å². The lowest BCUT2D eigenvalue weighted by Crippen LogP contribution is -2.42. The molecule has 1 aliphatic rings. The van der Waals surface area contributed by atoms with Crippen molar-refractivity contribution in [1.82, 2.24) is 5.32 Å². The number of nitrogens with two attached hydrogens (primary N) is 1. The fourth-order valence-electron chi connectivity index (χ4n) is 4.16. The lowest BCUT2D eigenvalue weighted by atomic mass is 9.92. The quantitative estimate of drug-likeness (QED) is 0.454. The molecule has 0 spiro atoms. The van der Waals surface area contributed by atoms with Crippen LogP contribution in [-0.2, 0) is 31.9 Å². The van der Waals surface area contributed by atoms with Crippen LogP contribution < -0.4 is 16.4 Å². The molecular formula is C26H31Cl2N3O5. The summed E-state index contributed by atoms with van der Waals surface area (Å²) in [5.41, 5.74) is 8.30. The van der Waals surface area contributed by atoms with Gasteiger partial charge in [0, 0.05) is 27.7 Å². The number of nitrogens with one attached hydrogen (secondary N) is 2. The van der Waals surface area contributed by atoms with Gasteiger partial charge < -0.3 is 25.8 Å². The van der Waals surface area contributed by atoms with Gasteiger partial charge in [0.1, 0.15) is 11.6 Å². The van der Waals surface area contributed by atoms with Crippen molar-refractivity contribution in [3.8, 4) is 0 Å². The van der Waals surface area contributed by atoms with Crippen LogP contribution in [0.25, 0.3) is 0 Å². The third kappa shape index (κ3) is 6.90. The zero-order chi connectivity index (χ0) is 26.6. The number of halogens is 2. The molecule has 1 heterocycles. The number of carbonyl (C=O) groups excluding carboxylic acids is 3. The van der Waals surface area contributed by atoms with E-state index in [1.54, 1.807) is 51.1 Å². The first-order chi connectivity index (χ1) is 16.9. The Bertz CT molecular complexity index is 1160. The molecule has 10 heteroatoms. The highest BCUT2D eigenvalue weighted by Crippen LogP contribution is 2.40. The fraction of sp³-hybridized carbons (Fsp3) is 0.423. The number of amides is 1. The molecule has 0 saturated carbocycles. The summed E-state index contributed by atoms with van der Waals surface area (Å²) >= 11 is 12.6. The van der Waals surface area contributed by atoms with Crippen molar-refractivity contribution in [2.24, 2.45) is 5.73 Å². The van der Waals surface area contributed by atoms with Crippen molar-refractivity contribution in [3.63, 3.8) is 0 Å². The van der Waals surface area contributed by atoms with Crippen LogP contribution in [0.5, 0.6) is 0 Å². The van der Waals surface area contributed by atoms with Crippen LogP contribution in [0.4, 0.5) is 5.69 Å². The molecule has 1 aliphatic heterocycles. The summed E-state index contributed by atoms with van der Waals surface area (Å²) in [5, 5.41) is 6.86. The second kappa shape index (κ2) is 11.5. The summed E-state index contributed by atoms with van der Waals surface area (Å²) < 4.78 is 10.3. The number of methoxy groups -OCH3 is 1. The average Bonchev–Trinajstić information content (AvgIpc) is 2.77. The largest absolute Gasteiger partial charge is 0.467 e. The Kier molecular flexibility index (Phi) is 8.87. The molecule has 0 aromatic heterocycles. The summed E-state index contributed by atoms with van der Waals surface area (Å²) in [6.45, 7) is 5.75. The summed E-state index contributed by atoms with van der Waals surface area (Å²) in [6.07, 6.45) is 0.793. The number of esters is 2. The molecule has 2 aromatic carbocycles. The van der Waals surface area contributed by atoms with Crippen molar-refractivity contribution >= 4 is 46.7 Å². The van der Waals surface area contributed by atoms with Gasteiger partial charge in [-0.25, -0.2) is 9.59 Å². The van der Waals surface area contributed by atoms with E-state index in [9.17, 15) is 14.4 Å². The van der Waals surface area contributed by atoms with Crippen molar-refractivity contribution in [2.75, 3.05) is 19.0 Å². The van der Waals surface area contributed by atoms with E-state index < -0.39 is 29.6 Å². The summed E-state index contributed by atoms with van der Waals surface area (Å²) in [6, 6.07) is 7.13. The van der Waals surface area contributed by atoms with Crippen molar-refractivity contribution in [3.05, 3.63) is 62.6 Å². The van der Waals surface area contributed by atoms with Gasteiger partial charge in [-0.2, -0.15) is 0 Å². The molecule has 2 aromatic rings. The number of anilines is 1. The van der Waals surface area contributed by atoms with E-state index in [4.69, 9.17) is 38.4 Å². The smallest absolute Gasteiger partial charge is 0.338 e. The van der Waals surface area contributed by atoms with Crippen LogP contribution in [-0.4, -0.2) is 43.1 Å². The second-order valence-corrected chi connectivity index (χ2v) is 10.5. The standard InChI is InChI=1S/C26H31Cl2N3O5/c1-26(2,3)36-24(33)16-6-5-14(15(9-16)7-8-29)10-22(32)31-20-13-21(25(34)35-4)30-19-12-17(27)11-18(28)23(19)20/h5-6,9,11-12,20-21,30H,7-8,10,13,29H2,1-4H3,(H,31,32)/t20-,21+/m0/s1. The Balaban J connectivity index is 1.83. The van der Waals surface area contributed by atoms with Crippen LogP contribution in [0.3, 0.4) is 0 Å². The SMILES string of the molecule is COC(=O)[C@H]1C[C@H](NC(=O)Cc2ccc(C(=O)OC(C)(C)C)cc2CCN)c2c(Cl)cc(Cl)cc2N1. The highest BCUT2D eigenvalue weighted by Gasteiger charge is 2.34. The summed E-state index contributed by atoms with van der Waals surface area (Å²) in [5.74, 6) is -1.17. The van der Waals surface area contributed by atoms with Gasteiger partial charge in [-0.3, -0.25) is 4.79 Å². The predicted molar refractivity (Wildman–Crippen MR) is 139 cm³/mol. The van der Waals surface area contributed by atoms with Crippen molar-refractivity contribution in [1.29, 1.82) is 0 Å². The van der Waals surface area contributed by atoms with Crippen molar-refractivity contribution < 1.29 is 23.9 Å². The Hall–Kier alpha value is -2.81. The molecule has 0 unspecified atom stereocenters. The third-order valence-corrected chi connectivity index (χ3v) is 6.20. The molecule has 0 aliphatic carbocycles. The third-order valence-electron chi connectivity index (χ3n) is 5.67. The molecule has 8 nitrogen and oxygen atoms in total. The summed E-state index contributed by atoms with van der Waals surface area (Å²) in [7, 11) is 1.30. The first-order valence-electron chi connectivity index (χ1n) is 11.6. The van der Waals surface area contributed by atoms with Gasteiger partial charge >= 0.3 is 11.9 Å². The van der Waals surface area contributed by atoms with Crippen LogP contribution in [0.15, 0.2) is 30.3 Å². The van der Waals surface area contributed by atoms with Crippen LogP contribution in [0.1, 0.15) is 60.3 Å². The van der Waals surface area contributed by atoms with Gasteiger partial charge in [0.15, 0.2) is 0 Å². The van der Waals surface area contributed by atoms with Crippen LogP contribution in [0.2, 0.25) is 10.0 Å². The number of ether oxygens (including phenoxy) is 2. The Morgan fingerprint density at radius 3 is 2.50 bits per heavy atom. The first kappa shape index (κ1) is 27.8. The number of benzene rings is 2. The van der Waals surface area contributed by atoms with E-state index in [1.165, 1.54) is 7.11 Å². The number of hydrogen-bond acceptors (Lipinski definition) is 7. The number of fused-ring (bicyclic) bond motifs is 1. The number of rotatable bonds is 7. The van der Waals surface area contributed by atoms with E-state index in [1.807, 2.05) is 0 Å². The van der Waals surface area contributed by atoms with E-state index in [2.05, 4.69) is 10.6 Å².